The third-order valence-corrected chi connectivity index (χ3v) is 3.70. The maximum atomic E-state index is 12.7. The van der Waals surface area contributed by atoms with Crippen molar-refractivity contribution in [1.29, 1.82) is 0 Å². The molecule has 2 aromatic rings. The summed E-state index contributed by atoms with van der Waals surface area (Å²) in [7, 11) is 0. The minimum atomic E-state index is -4.80. The average Bonchev–Trinajstić information content (AvgIpc) is 3.36. The number of aldehydes is 1. The number of ether oxygens (including phenoxy) is 2. The molecule has 24 heavy (non-hydrogen) atoms. The number of hydrogen-bond acceptors (Lipinski definition) is 3. The van der Waals surface area contributed by atoms with Gasteiger partial charge >= 0.3 is 6.36 Å². The zero-order valence-electron chi connectivity index (χ0n) is 12.7. The van der Waals surface area contributed by atoms with Crippen LogP contribution in [0, 0.1) is 5.92 Å². The van der Waals surface area contributed by atoms with Gasteiger partial charge in [0.2, 0.25) is 0 Å². The minimum absolute atomic E-state index is 0.0644. The van der Waals surface area contributed by atoms with Crippen molar-refractivity contribution >= 4 is 6.29 Å². The first-order chi connectivity index (χ1) is 11.4. The van der Waals surface area contributed by atoms with Gasteiger partial charge in [0.15, 0.2) is 11.5 Å². The molecule has 1 aliphatic carbocycles. The number of alkyl halides is 3. The zero-order chi connectivity index (χ0) is 17.2. The highest BCUT2D eigenvalue weighted by atomic mass is 19.4. The first kappa shape index (κ1) is 16.4. The van der Waals surface area contributed by atoms with Crippen LogP contribution in [0.15, 0.2) is 42.5 Å². The van der Waals surface area contributed by atoms with Gasteiger partial charge in [0, 0.05) is 5.56 Å². The predicted octanol–water partition coefficient (Wildman–Crippen LogP) is 4.85. The summed E-state index contributed by atoms with van der Waals surface area (Å²) in [6.45, 7) is 0.383. The monoisotopic (exact) mass is 336 g/mol. The van der Waals surface area contributed by atoms with E-state index in [4.69, 9.17) is 4.74 Å². The Morgan fingerprint density at radius 2 is 1.79 bits per heavy atom. The van der Waals surface area contributed by atoms with E-state index in [1.165, 1.54) is 12.1 Å². The molecule has 1 fully saturated rings. The lowest BCUT2D eigenvalue weighted by atomic mass is 10.0. The highest BCUT2D eigenvalue weighted by molar-refractivity contribution is 5.79. The second kappa shape index (κ2) is 6.55. The van der Waals surface area contributed by atoms with Crippen LogP contribution in [-0.2, 0) is 0 Å². The highest BCUT2D eigenvalue weighted by Gasteiger charge is 2.33. The second-order valence-corrected chi connectivity index (χ2v) is 5.71. The van der Waals surface area contributed by atoms with Crippen molar-refractivity contribution in [2.24, 2.45) is 5.92 Å². The lowest BCUT2D eigenvalue weighted by molar-refractivity contribution is -0.275. The van der Waals surface area contributed by atoms with Gasteiger partial charge < -0.3 is 9.47 Å². The van der Waals surface area contributed by atoms with Crippen molar-refractivity contribution in [3.63, 3.8) is 0 Å². The third-order valence-electron chi connectivity index (χ3n) is 3.70. The van der Waals surface area contributed by atoms with Crippen molar-refractivity contribution in [2.45, 2.75) is 19.2 Å². The number of hydrogen-bond donors (Lipinski definition) is 0. The van der Waals surface area contributed by atoms with Crippen molar-refractivity contribution in [2.75, 3.05) is 6.61 Å². The molecule has 0 bridgehead atoms. The lowest BCUT2D eigenvalue weighted by Gasteiger charge is -2.15. The van der Waals surface area contributed by atoms with E-state index in [1.807, 2.05) is 0 Å². The van der Waals surface area contributed by atoms with Gasteiger partial charge in [-0.15, -0.1) is 13.2 Å². The molecular weight excluding hydrogens is 321 g/mol. The molecule has 3 nitrogen and oxygen atoms in total. The normalized spacial score (nSPS) is 14.3. The Kier molecular flexibility index (Phi) is 4.46. The SMILES string of the molecule is O=Cc1cccc(-c2ccc(OCC3CC3)c(OC(F)(F)F)c2)c1. The molecule has 2 aromatic carbocycles. The summed E-state index contributed by atoms with van der Waals surface area (Å²) in [5.74, 6) is 0.0966. The van der Waals surface area contributed by atoms with Crippen LogP contribution in [0.3, 0.4) is 0 Å². The molecule has 0 amide bonds. The summed E-state index contributed by atoms with van der Waals surface area (Å²) in [5.41, 5.74) is 1.58. The summed E-state index contributed by atoms with van der Waals surface area (Å²) in [4.78, 5) is 10.9. The second-order valence-electron chi connectivity index (χ2n) is 5.71. The van der Waals surface area contributed by atoms with E-state index in [1.54, 1.807) is 30.3 Å². The highest BCUT2D eigenvalue weighted by Crippen LogP contribution is 2.38. The maximum absolute atomic E-state index is 12.7. The number of rotatable bonds is 6. The Bertz CT molecular complexity index is 737. The van der Waals surface area contributed by atoms with Gasteiger partial charge in [-0.25, -0.2) is 0 Å². The molecule has 0 aromatic heterocycles. The molecule has 1 saturated carbocycles. The molecule has 6 heteroatoms. The van der Waals surface area contributed by atoms with Gasteiger partial charge in [0.05, 0.1) is 6.61 Å². The van der Waals surface area contributed by atoms with Crippen molar-refractivity contribution < 1.29 is 27.4 Å². The summed E-state index contributed by atoms with van der Waals surface area (Å²) in [5, 5.41) is 0. The van der Waals surface area contributed by atoms with Gasteiger partial charge in [-0.1, -0.05) is 24.3 Å². The molecule has 126 valence electrons. The topological polar surface area (TPSA) is 35.5 Å². The number of halogens is 3. The number of carbonyl (C=O) groups excluding carboxylic acids is 1. The summed E-state index contributed by atoms with van der Waals surface area (Å²) in [6, 6.07) is 11.0. The Morgan fingerprint density at radius 1 is 1.04 bits per heavy atom. The molecule has 0 unspecified atom stereocenters. The molecule has 0 atom stereocenters. The summed E-state index contributed by atoms with van der Waals surface area (Å²) in [6.07, 6.45) is -2.05. The van der Waals surface area contributed by atoms with Crippen LogP contribution < -0.4 is 9.47 Å². The van der Waals surface area contributed by atoms with E-state index in [2.05, 4.69) is 4.74 Å². The molecule has 0 spiro atoms. The summed E-state index contributed by atoms with van der Waals surface area (Å²) < 4.78 is 47.6. The molecule has 0 radical (unpaired) electrons. The zero-order valence-corrected chi connectivity index (χ0v) is 12.7. The van der Waals surface area contributed by atoms with Gasteiger partial charge in [0.1, 0.15) is 6.29 Å². The molecule has 0 N–H and O–H groups in total. The fourth-order valence-electron chi connectivity index (χ4n) is 2.30. The van der Waals surface area contributed by atoms with Crippen molar-refractivity contribution in [3.05, 3.63) is 48.0 Å². The molecule has 0 heterocycles. The van der Waals surface area contributed by atoms with E-state index in [-0.39, 0.29) is 11.5 Å². The van der Waals surface area contributed by atoms with Gasteiger partial charge in [-0.3, -0.25) is 4.79 Å². The molecule has 0 saturated heterocycles. The number of benzene rings is 2. The fraction of sp³-hybridized carbons (Fsp3) is 0.278. The van der Waals surface area contributed by atoms with Crippen LogP contribution in [0.25, 0.3) is 11.1 Å². The van der Waals surface area contributed by atoms with Crippen LogP contribution in [0.5, 0.6) is 11.5 Å². The quantitative estimate of drug-likeness (QED) is 0.707. The molecule has 0 aliphatic heterocycles. The Labute approximate surface area is 137 Å². The molecular formula is C18H15F3O3. The molecule has 3 rings (SSSR count). The Hall–Kier alpha value is -2.50. The number of carbonyl (C=O) groups is 1. The van der Waals surface area contributed by atoms with E-state index in [0.717, 1.165) is 12.8 Å². The Morgan fingerprint density at radius 3 is 2.46 bits per heavy atom. The fourth-order valence-corrected chi connectivity index (χ4v) is 2.30. The van der Waals surface area contributed by atoms with Crippen LogP contribution in [0.2, 0.25) is 0 Å². The minimum Gasteiger partial charge on any atom is -0.489 e. The average molecular weight is 336 g/mol. The Balaban J connectivity index is 1.92. The van der Waals surface area contributed by atoms with Gasteiger partial charge in [0.25, 0.3) is 0 Å². The smallest absolute Gasteiger partial charge is 0.489 e. The van der Waals surface area contributed by atoms with Crippen LogP contribution >= 0.6 is 0 Å². The predicted molar refractivity (Wildman–Crippen MR) is 82.2 cm³/mol. The van der Waals surface area contributed by atoms with E-state index < -0.39 is 6.36 Å². The van der Waals surface area contributed by atoms with Crippen LogP contribution in [0.1, 0.15) is 23.2 Å². The van der Waals surface area contributed by atoms with E-state index >= 15 is 0 Å². The van der Waals surface area contributed by atoms with E-state index in [9.17, 15) is 18.0 Å². The first-order valence-corrected chi connectivity index (χ1v) is 7.53. The lowest BCUT2D eigenvalue weighted by Crippen LogP contribution is -2.18. The van der Waals surface area contributed by atoms with Crippen molar-refractivity contribution in [1.82, 2.24) is 0 Å². The van der Waals surface area contributed by atoms with Crippen molar-refractivity contribution in [3.8, 4) is 22.6 Å². The van der Waals surface area contributed by atoms with Gasteiger partial charge in [-0.2, -0.15) is 0 Å². The standard InChI is InChI=1S/C18H15F3O3/c19-18(20,21)24-17-9-15(14-3-1-2-13(8-14)10-22)6-7-16(17)23-11-12-4-5-12/h1-3,6-10,12H,4-5,11H2. The largest absolute Gasteiger partial charge is 0.573 e. The molecule has 1 aliphatic rings. The van der Waals surface area contributed by atoms with Crippen LogP contribution in [0.4, 0.5) is 13.2 Å². The maximum Gasteiger partial charge on any atom is 0.573 e. The first-order valence-electron chi connectivity index (χ1n) is 7.53. The summed E-state index contributed by atoms with van der Waals surface area (Å²) >= 11 is 0. The van der Waals surface area contributed by atoms with Crippen LogP contribution in [-0.4, -0.2) is 19.3 Å². The third kappa shape index (κ3) is 4.28. The van der Waals surface area contributed by atoms with E-state index in [0.29, 0.717) is 35.5 Å². The van der Waals surface area contributed by atoms with Gasteiger partial charge in [-0.05, 0) is 48.1 Å².